The number of nitrogens with one attached hydrogen (secondary N) is 3. The van der Waals surface area contributed by atoms with Crippen molar-refractivity contribution in [1.82, 2.24) is 25.8 Å². The van der Waals surface area contributed by atoms with Crippen LogP contribution in [0.15, 0.2) is 0 Å². The van der Waals surface area contributed by atoms with Crippen LogP contribution in [0.2, 0.25) is 0 Å². The minimum atomic E-state index is -0.174. The van der Waals surface area contributed by atoms with Crippen molar-refractivity contribution in [3.05, 3.63) is 0 Å². The topological polar surface area (TPSA) is 76.7 Å². The van der Waals surface area contributed by atoms with Gasteiger partial charge >= 0.3 is 0 Å². The largest absolute Gasteiger partial charge is 0.351 e. The first kappa shape index (κ1) is 22.6. The molecule has 3 N–H and O–H groups in total. The molecule has 3 saturated heterocycles. The van der Waals surface area contributed by atoms with Crippen molar-refractivity contribution in [2.45, 2.75) is 83.1 Å². The molecule has 2 aliphatic carbocycles. The summed E-state index contributed by atoms with van der Waals surface area (Å²) in [5.41, 5.74) is 0. The Morgan fingerprint density at radius 1 is 1.09 bits per heavy atom. The van der Waals surface area contributed by atoms with Gasteiger partial charge in [0.05, 0.1) is 0 Å². The maximum absolute atomic E-state index is 13.4. The Balaban J connectivity index is 1.21. The molecule has 180 valence electrons. The summed E-state index contributed by atoms with van der Waals surface area (Å²) in [6, 6.07) is 1.06. The van der Waals surface area contributed by atoms with Gasteiger partial charge in [-0.25, -0.2) is 0 Å². The number of rotatable bonds is 5. The lowest BCUT2D eigenvalue weighted by Crippen LogP contribution is -2.60. The summed E-state index contributed by atoms with van der Waals surface area (Å²) in [5.74, 6) is 2.83. The highest BCUT2D eigenvalue weighted by atomic mass is 16.2. The standard InChI is InChI=1S/C25H43N5O2/c1-15-4-7-19(28-24(31)23-26-8-9-30(23)14-17-5-6-17)12-20(15)21-11-18-13-27-16(2)10-22(18)29(3)25(21)32/h15-23,26-27H,4-14H2,1-3H3,(H,28,31). The Labute approximate surface area is 193 Å². The van der Waals surface area contributed by atoms with Crippen molar-refractivity contribution in [3.8, 4) is 0 Å². The van der Waals surface area contributed by atoms with Crippen LogP contribution in [0.3, 0.4) is 0 Å². The summed E-state index contributed by atoms with van der Waals surface area (Å²) in [5, 5.41) is 10.4. The third-order valence-electron chi connectivity index (χ3n) is 9.25. The fourth-order valence-electron chi connectivity index (χ4n) is 7.07. The first-order chi connectivity index (χ1) is 15.4. The lowest BCUT2D eigenvalue weighted by Gasteiger charge is -2.50. The number of likely N-dealkylation sites (tertiary alicyclic amines) is 1. The highest BCUT2D eigenvalue weighted by molar-refractivity contribution is 5.82. The monoisotopic (exact) mass is 445 g/mol. The Morgan fingerprint density at radius 3 is 2.69 bits per heavy atom. The molecule has 0 aromatic carbocycles. The zero-order valence-electron chi connectivity index (χ0n) is 20.2. The number of nitrogens with zero attached hydrogens (tertiary/aromatic N) is 2. The second-order valence-electron chi connectivity index (χ2n) is 11.6. The molecule has 5 rings (SSSR count). The highest BCUT2D eigenvalue weighted by Crippen LogP contribution is 2.43. The van der Waals surface area contributed by atoms with Gasteiger partial charge in [0.25, 0.3) is 5.91 Å². The van der Waals surface area contributed by atoms with Crippen molar-refractivity contribution < 1.29 is 9.59 Å². The normalized spacial score (nSPS) is 43.2. The molecule has 0 aromatic rings. The minimum Gasteiger partial charge on any atom is -0.351 e. The molecular formula is C25H43N5O2. The fraction of sp³-hybridized carbons (Fsp3) is 0.920. The Bertz CT molecular complexity index is 712. The van der Waals surface area contributed by atoms with E-state index in [2.05, 4.69) is 39.6 Å². The zero-order valence-corrected chi connectivity index (χ0v) is 20.2. The van der Waals surface area contributed by atoms with E-state index in [4.69, 9.17) is 0 Å². The van der Waals surface area contributed by atoms with Gasteiger partial charge in [0.2, 0.25) is 5.91 Å². The Morgan fingerprint density at radius 2 is 1.91 bits per heavy atom. The van der Waals surface area contributed by atoms with Gasteiger partial charge in [0.15, 0.2) is 0 Å². The first-order valence-corrected chi connectivity index (χ1v) is 13.2. The van der Waals surface area contributed by atoms with Gasteiger partial charge in [-0.1, -0.05) is 6.92 Å². The van der Waals surface area contributed by atoms with Gasteiger partial charge in [-0.2, -0.15) is 0 Å². The van der Waals surface area contributed by atoms with Gasteiger partial charge in [-0.15, -0.1) is 0 Å². The van der Waals surface area contributed by atoms with Crippen molar-refractivity contribution in [1.29, 1.82) is 0 Å². The maximum Gasteiger partial charge on any atom is 0.252 e. The van der Waals surface area contributed by atoms with Crippen LogP contribution in [0.4, 0.5) is 0 Å². The van der Waals surface area contributed by atoms with Crippen molar-refractivity contribution >= 4 is 11.8 Å². The number of carbonyl (C=O) groups is 2. The predicted molar refractivity (Wildman–Crippen MR) is 125 cm³/mol. The van der Waals surface area contributed by atoms with Crippen LogP contribution in [-0.4, -0.2) is 79.1 Å². The smallest absolute Gasteiger partial charge is 0.252 e. The molecule has 3 heterocycles. The quantitative estimate of drug-likeness (QED) is 0.596. The van der Waals surface area contributed by atoms with Crippen LogP contribution >= 0.6 is 0 Å². The number of amides is 2. The average Bonchev–Trinajstić information content (AvgIpc) is 3.47. The molecule has 0 radical (unpaired) electrons. The van der Waals surface area contributed by atoms with Gasteiger partial charge in [0, 0.05) is 57.3 Å². The zero-order chi connectivity index (χ0) is 22.4. The molecule has 3 aliphatic heterocycles. The van der Waals surface area contributed by atoms with E-state index < -0.39 is 0 Å². The third kappa shape index (κ3) is 4.58. The highest BCUT2D eigenvalue weighted by Gasteiger charge is 2.47. The molecule has 8 unspecified atom stereocenters. The van der Waals surface area contributed by atoms with E-state index in [0.29, 0.717) is 35.7 Å². The molecule has 7 nitrogen and oxygen atoms in total. The summed E-state index contributed by atoms with van der Waals surface area (Å²) in [6.07, 6.45) is 7.57. The molecule has 2 amide bonds. The summed E-state index contributed by atoms with van der Waals surface area (Å²) < 4.78 is 0. The average molecular weight is 446 g/mol. The molecule has 2 saturated carbocycles. The van der Waals surface area contributed by atoms with E-state index in [0.717, 1.165) is 64.2 Å². The molecule has 8 atom stereocenters. The van der Waals surface area contributed by atoms with E-state index in [1.54, 1.807) is 0 Å². The van der Waals surface area contributed by atoms with Crippen molar-refractivity contribution in [2.75, 3.05) is 33.2 Å². The molecule has 0 aromatic heterocycles. The van der Waals surface area contributed by atoms with Crippen LogP contribution in [-0.2, 0) is 9.59 Å². The van der Waals surface area contributed by atoms with Gasteiger partial charge in [-0.3, -0.25) is 19.8 Å². The number of piperidine rings is 2. The number of hydrogen-bond donors (Lipinski definition) is 3. The van der Waals surface area contributed by atoms with Crippen LogP contribution in [0.25, 0.3) is 0 Å². The maximum atomic E-state index is 13.4. The molecule has 7 heteroatoms. The predicted octanol–water partition coefficient (Wildman–Crippen LogP) is 1.39. The third-order valence-corrected chi connectivity index (χ3v) is 9.25. The minimum absolute atomic E-state index is 0.0992. The molecule has 0 spiro atoms. The second kappa shape index (κ2) is 9.22. The number of fused-ring (bicyclic) bond motifs is 1. The van der Waals surface area contributed by atoms with Gasteiger partial charge in [-0.05, 0) is 75.5 Å². The van der Waals surface area contributed by atoms with E-state index in [-0.39, 0.29) is 24.0 Å². The molecular weight excluding hydrogens is 402 g/mol. The summed E-state index contributed by atoms with van der Waals surface area (Å²) in [6.45, 7) is 8.48. The number of hydrogen-bond acceptors (Lipinski definition) is 5. The molecule has 5 aliphatic rings. The second-order valence-corrected chi connectivity index (χ2v) is 11.6. The van der Waals surface area contributed by atoms with E-state index in [1.807, 2.05) is 7.05 Å². The Kier molecular flexibility index (Phi) is 6.52. The van der Waals surface area contributed by atoms with Crippen LogP contribution in [0, 0.1) is 29.6 Å². The van der Waals surface area contributed by atoms with Crippen molar-refractivity contribution in [2.24, 2.45) is 29.6 Å². The van der Waals surface area contributed by atoms with Crippen LogP contribution in [0.5, 0.6) is 0 Å². The molecule has 32 heavy (non-hydrogen) atoms. The Hall–Kier alpha value is -1.18. The van der Waals surface area contributed by atoms with Gasteiger partial charge < -0.3 is 15.5 Å². The van der Waals surface area contributed by atoms with Gasteiger partial charge in [0.1, 0.15) is 6.17 Å². The molecule has 5 fully saturated rings. The molecule has 0 bridgehead atoms. The fourth-order valence-corrected chi connectivity index (χ4v) is 7.07. The van der Waals surface area contributed by atoms with Crippen LogP contribution in [0.1, 0.15) is 58.8 Å². The lowest BCUT2D eigenvalue weighted by molar-refractivity contribution is -0.148. The number of carbonyl (C=O) groups excluding carboxylic acids is 2. The first-order valence-electron chi connectivity index (χ1n) is 13.2. The summed E-state index contributed by atoms with van der Waals surface area (Å²) in [4.78, 5) is 30.9. The van der Waals surface area contributed by atoms with Crippen molar-refractivity contribution in [3.63, 3.8) is 0 Å². The van der Waals surface area contributed by atoms with E-state index in [1.165, 1.54) is 12.8 Å². The lowest BCUT2D eigenvalue weighted by atomic mass is 9.65. The van der Waals surface area contributed by atoms with E-state index in [9.17, 15) is 9.59 Å². The summed E-state index contributed by atoms with van der Waals surface area (Å²) in [7, 11) is 2.02. The summed E-state index contributed by atoms with van der Waals surface area (Å²) >= 11 is 0. The van der Waals surface area contributed by atoms with E-state index >= 15 is 0 Å². The van der Waals surface area contributed by atoms with Crippen LogP contribution < -0.4 is 16.0 Å². The SMILES string of the molecule is CC1CC2C(CN1)CC(C1CC(NC(=O)C3NCCN3CC3CC3)CCC1C)C(=O)N2C.